The molecule has 0 radical (unpaired) electrons. The molecule has 1 saturated carbocycles. The maximum Gasteiger partial charge on any atom is 0.412 e. The van der Waals surface area contributed by atoms with E-state index in [9.17, 15) is 4.79 Å². The first kappa shape index (κ1) is 22.8. The molecule has 1 spiro atoms. The number of ether oxygens (including phenoxy) is 1. The van der Waals surface area contributed by atoms with Crippen molar-refractivity contribution in [1.29, 1.82) is 0 Å². The number of benzene rings is 2. The molecule has 32 heavy (non-hydrogen) atoms. The van der Waals surface area contributed by atoms with Gasteiger partial charge in [-0.05, 0) is 57.6 Å². The number of amides is 1. The molecule has 4 nitrogen and oxygen atoms in total. The van der Waals surface area contributed by atoms with Crippen molar-refractivity contribution < 1.29 is 9.53 Å². The molecule has 1 heterocycles. The number of carbonyl (C=O) groups excluding carboxylic acids is 1. The van der Waals surface area contributed by atoms with Crippen LogP contribution in [0.15, 0.2) is 60.7 Å². The smallest absolute Gasteiger partial charge is 0.412 e. The van der Waals surface area contributed by atoms with Gasteiger partial charge in [-0.3, -0.25) is 9.80 Å². The fraction of sp³-hybridized carbons (Fsp3) is 0.536. The summed E-state index contributed by atoms with van der Waals surface area (Å²) in [7, 11) is 0. The van der Waals surface area contributed by atoms with Crippen LogP contribution in [0.4, 0.5) is 4.79 Å². The molecule has 0 N–H and O–H groups in total. The largest absolute Gasteiger partial charge is 0.444 e. The van der Waals surface area contributed by atoms with E-state index in [0.29, 0.717) is 0 Å². The summed E-state index contributed by atoms with van der Waals surface area (Å²) >= 11 is 0. The van der Waals surface area contributed by atoms with Crippen molar-refractivity contribution in [1.82, 2.24) is 9.80 Å². The summed E-state index contributed by atoms with van der Waals surface area (Å²) in [5.74, 6) is 0. The van der Waals surface area contributed by atoms with Crippen molar-refractivity contribution in [2.24, 2.45) is 0 Å². The van der Waals surface area contributed by atoms with E-state index in [1.807, 2.05) is 20.8 Å². The van der Waals surface area contributed by atoms with Crippen LogP contribution in [0, 0.1) is 0 Å². The standard InChI is InChI=1S/C28H38N2O2/c1-27(2,3)32-26(31)30-25(17-20-28(30)18-11-6-12-19-28)29(21-23-13-7-4-8-14-23)22-24-15-9-5-10-16-24/h4-5,7-10,13-16,25H,6,11-12,17-22H2,1-3H3. The highest BCUT2D eigenvalue weighted by atomic mass is 16.6. The lowest BCUT2D eigenvalue weighted by molar-refractivity contribution is -0.0413. The molecule has 1 aliphatic carbocycles. The van der Waals surface area contributed by atoms with E-state index in [1.54, 1.807) is 0 Å². The Morgan fingerprint density at radius 3 is 1.94 bits per heavy atom. The molecule has 1 amide bonds. The van der Waals surface area contributed by atoms with E-state index in [4.69, 9.17) is 4.74 Å². The van der Waals surface area contributed by atoms with E-state index in [1.165, 1.54) is 30.4 Å². The second-order valence-electron chi connectivity index (χ2n) is 10.5. The fourth-order valence-electron chi connectivity index (χ4n) is 5.54. The number of likely N-dealkylation sites (tertiary alicyclic amines) is 1. The van der Waals surface area contributed by atoms with Gasteiger partial charge < -0.3 is 4.74 Å². The molecule has 1 aliphatic heterocycles. The summed E-state index contributed by atoms with van der Waals surface area (Å²) in [5.41, 5.74) is 2.00. The van der Waals surface area contributed by atoms with Crippen LogP contribution in [0.5, 0.6) is 0 Å². The lowest BCUT2D eigenvalue weighted by Gasteiger charge is -2.46. The maximum atomic E-state index is 13.6. The number of hydrogen-bond donors (Lipinski definition) is 0. The van der Waals surface area contributed by atoms with Gasteiger partial charge in [0.15, 0.2) is 0 Å². The van der Waals surface area contributed by atoms with Gasteiger partial charge in [0.1, 0.15) is 5.60 Å². The molecule has 4 rings (SSSR count). The Morgan fingerprint density at radius 1 is 0.906 bits per heavy atom. The Morgan fingerprint density at radius 2 is 1.44 bits per heavy atom. The topological polar surface area (TPSA) is 32.8 Å². The summed E-state index contributed by atoms with van der Waals surface area (Å²) in [6.45, 7) is 7.53. The van der Waals surface area contributed by atoms with E-state index >= 15 is 0 Å². The molecular weight excluding hydrogens is 396 g/mol. The fourth-order valence-corrected chi connectivity index (χ4v) is 5.54. The Balaban J connectivity index is 1.67. The van der Waals surface area contributed by atoms with Crippen LogP contribution in [0.3, 0.4) is 0 Å². The average Bonchev–Trinajstić information content (AvgIpc) is 3.12. The molecule has 0 aromatic heterocycles. The van der Waals surface area contributed by atoms with E-state index in [2.05, 4.69) is 70.5 Å². The average molecular weight is 435 g/mol. The predicted octanol–water partition coefficient (Wildman–Crippen LogP) is 6.75. The molecule has 1 saturated heterocycles. The molecule has 2 aromatic carbocycles. The molecule has 2 aromatic rings. The third-order valence-corrected chi connectivity index (χ3v) is 6.93. The first-order valence-corrected chi connectivity index (χ1v) is 12.2. The van der Waals surface area contributed by atoms with Crippen LogP contribution in [-0.4, -0.2) is 33.2 Å². The van der Waals surface area contributed by atoms with Crippen LogP contribution < -0.4 is 0 Å². The third-order valence-electron chi connectivity index (χ3n) is 6.93. The van der Waals surface area contributed by atoms with Gasteiger partial charge in [0.2, 0.25) is 0 Å². The summed E-state index contributed by atoms with van der Waals surface area (Å²) in [4.78, 5) is 18.3. The van der Waals surface area contributed by atoms with E-state index < -0.39 is 5.60 Å². The highest BCUT2D eigenvalue weighted by Crippen LogP contribution is 2.46. The van der Waals surface area contributed by atoms with E-state index in [0.717, 1.165) is 38.8 Å². The Bertz CT molecular complexity index is 828. The van der Waals surface area contributed by atoms with Crippen molar-refractivity contribution in [2.75, 3.05) is 0 Å². The van der Waals surface area contributed by atoms with Crippen LogP contribution in [0.1, 0.15) is 76.8 Å². The quantitative estimate of drug-likeness (QED) is 0.522. The van der Waals surface area contributed by atoms with Gasteiger partial charge in [-0.15, -0.1) is 0 Å². The number of hydrogen-bond acceptors (Lipinski definition) is 3. The number of carbonyl (C=O) groups is 1. The molecular formula is C28H38N2O2. The Kier molecular flexibility index (Phi) is 6.90. The van der Waals surface area contributed by atoms with Gasteiger partial charge in [0.05, 0.1) is 6.17 Å². The number of nitrogens with zero attached hydrogens (tertiary/aromatic N) is 2. The summed E-state index contributed by atoms with van der Waals surface area (Å²) in [6, 6.07) is 21.2. The minimum atomic E-state index is -0.496. The molecule has 0 bridgehead atoms. The molecule has 172 valence electrons. The SMILES string of the molecule is CC(C)(C)OC(=O)N1C(N(Cc2ccccc2)Cc2ccccc2)CCC12CCCCC2. The second kappa shape index (κ2) is 9.66. The highest BCUT2D eigenvalue weighted by Gasteiger charge is 2.52. The van der Waals surface area contributed by atoms with Crippen molar-refractivity contribution >= 4 is 6.09 Å². The minimum absolute atomic E-state index is 0.0448. The van der Waals surface area contributed by atoms with E-state index in [-0.39, 0.29) is 17.8 Å². The van der Waals surface area contributed by atoms with Gasteiger partial charge in [-0.1, -0.05) is 79.9 Å². The minimum Gasteiger partial charge on any atom is -0.444 e. The molecule has 1 unspecified atom stereocenters. The lowest BCUT2D eigenvalue weighted by Crippen LogP contribution is -2.57. The Labute approximate surface area is 193 Å². The van der Waals surface area contributed by atoms with Crippen LogP contribution in [-0.2, 0) is 17.8 Å². The van der Waals surface area contributed by atoms with Gasteiger partial charge in [0.25, 0.3) is 0 Å². The monoisotopic (exact) mass is 434 g/mol. The Hall–Kier alpha value is -2.33. The van der Waals surface area contributed by atoms with Gasteiger partial charge >= 0.3 is 6.09 Å². The zero-order valence-corrected chi connectivity index (χ0v) is 19.9. The van der Waals surface area contributed by atoms with Crippen molar-refractivity contribution in [3.63, 3.8) is 0 Å². The first-order chi connectivity index (χ1) is 15.4. The molecule has 2 fully saturated rings. The van der Waals surface area contributed by atoms with Crippen molar-refractivity contribution in [3.05, 3.63) is 71.8 Å². The second-order valence-corrected chi connectivity index (χ2v) is 10.5. The lowest BCUT2D eigenvalue weighted by atomic mass is 9.80. The van der Waals surface area contributed by atoms with Gasteiger partial charge in [0, 0.05) is 18.6 Å². The van der Waals surface area contributed by atoms with Crippen LogP contribution in [0.2, 0.25) is 0 Å². The van der Waals surface area contributed by atoms with Crippen molar-refractivity contribution in [3.8, 4) is 0 Å². The molecule has 1 atom stereocenters. The molecule has 2 aliphatic rings. The third kappa shape index (κ3) is 5.35. The van der Waals surface area contributed by atoms with Crippen molar-refractivity contribution in [2.45, 2.75) is 96.1 Å². The van der Waals surface area contributed by atoms with Crippen LogP contribution in [0.25, 0.3) is 0 Å². The first-order valence-electron chi connectivity index (χ1n) is 12.2. The predicted molar refractivity (Wildman–Crippen MR) is 129 cm³/mol. The normalized spacial score (nSPS) is 20.6. The summed E-state index contributed by atoms with van der Waals surface area (Å²) in [6.07, 6.45) is 7.81. The molecule has 4 heteroatoms. The van der Waals surface area contributed by atoms with Gasteiger partial charge in [-0.2, -0.15) is 0 Å². The maximum absolute atomic E-state index is 13.6. The highest BCUT2D eigenvalue weighted by molar-refractivity contribution is 5.70. The zero-order valence-electron chi connectivity index (χ0n) is 19.9. The summed E-state index contributed by atoms with van der Waals surface area (Å²) < 4.78 is 5.99. The van der Waals surface area contributed by atoms with Crippen LogP contribution >= 0.6 is 0 Å². The summed E-state index contributed by atoms with van der Waals surface area (Å²) in [5, 5.41) is 0. The number of rotatable bonds is 5. The van der Waals surface area contributed by atoms with Gasteiger partial charge in [-0.25, -0.2) is 4.79 Å². The zero-order chi connectivity index (χ0) is 22.6.